The average molecular weight is 230 g/mol. The molecule has 0 radical (unpaired) electrons. The summed E-state index contributed by atoms with van der Waals surface area (Å²) in [5, 5.41) is 1.41. The first-order valence-corrected chi connectivity index (χ1v) is 9.28. The molecule has 0 aromatic heterocycles. The van der Waals surface area contributed by atoms with E-state index in [9.17, 15) is 4.79 Å². The van der Waals surface area contributed by atoms with E-state index in [0.717, 1.165) is 12.0 Å². The first kappa shape index (κ1) is 11.3. The fourth-order valence-corrected chi connectivity index (χ4v) is 3.53. The number of carbonyl (C=O) groups excluding carboxylic acids is 1. The molecule has 1 aromatic carbocycles. The molecule has 0 fully saturated rings. The van der Waals surface area contributed by atoms with Crippen LogP contribution < -0.4 is 0 Å². The SMILES string of the molecule is C[Si](C)(C)C1=CC(=O)C(c2ccccc2)C1. The van der Waals surface area contributed by atoms with Crippen LogP contribution in [-0.2, 0) is 4.79 Å². The van der Waals surface area contributed by atoms with Gasteiger partial charge < -0.3 is 0 Å². The fourth-order valence-electron chi connectivity index (χ4n) is 2.14. The van der Waals surface area contributed by atoms with Crippen LogP contribution in [0.5, 0.6) is 0 Å². The lowest BCUT2D eigenvalue weighted by Gasteiger charge is -2.18. The summed E-state index contributed by atoms with van der Waals surface area (Å²) in [6.07, 6.45) is 2.85. The van der Waals surface area contributed by atoms with E-state index in [1.54, 1.807) is 0 Å². The number of hydrogen-bond acceptors (Lipinski definition) is 1. The molecule has 0 N–H and O–H groups in total. The van der Waals surface area contributed by atoms with Gasteiger partial charge in [0, 0.05) is 0 Å². The first-order chi connectivity index (χ1) is 7.48. The molecule has 1 nitrogen and oxygen atoms in total. The van der Waals surface area contributed by atoms with E-state index in [1.165, 1.54) is 5.20 Å². The van der Waals surface area contributed by atoms with E-state index in [2.05, 4.69) is 31.8 Å². The molecule has 16 heavy (non-hydrogen) atoms. The number of ketones is 1. The summed E-state index contributed by atoms with van der Waals surface area (Å²) in [6.45, 7) is 6.92. The molecule has 84 valence electrons. The third-order valence-corrected chi connectivity index (χ3v) is 5.52. The van der Waals surface area contributed by atoms with E-state index in [1.807, 2.05) is 24.3 Å². The molecule has 2 heteroatoms. The van der Waals surface area contributed by atoms with Crippen molar-refractivity contribution in [2.45, 2.75) is 32.0 Å². The third-order valence-electron chi connectivity index (χ3n) is 3.25. The van der Waals surface area contributed by atoms with Crippen molar-refractivity contribution >= 4 is 13.9 Å². The second-order valence-electron chi connectivity index (χ2n) is 5.49. The topological polar surface area (TPSA) is 17.1 Å². The first-order valence-electron chi connectivity index (χ1n) is 5.78. The van der Waals surface area contributed by atoms with Crippen LogP contribution in [0.25, 0.3) is 0 Å². The summed E-state index contributed by atoms with van der Waals surface area (Å²) in [4.78, 5) is 12.0. The molecule has 1 unspecified atom stereocenters. The Morgan fingerprint density at radius 3 is 2.25 bits per heavy atom. The van der Waals surface area contributed by atoms with Crippen molar-refractivity contribution in [1.29, 1.82) is 0 Å². The number of allylic oxidation sites excluding steroid dienone is 2. The minimum absolute atomic E-state index is 0.0860. The van der Waals surface area contributed by atoms with E-state index in [-0.39, 0.29) is 5.92 Å². The van der Waals surface area contributed by atoms with Crippen LogP contribution >= 0.6 is 0 Å². The zero-order valence-corrected chi connectivity index (χ0v) is 11.2. The predicted octanol–water partition coefficient (Wildman–Crippen LogP) is 3.55. The van der Waals surface area contributed by atoms with E-state index < -0.39 is 8.07 Å². The highest BCUT2D eigenvalue weighted by molar-refractivity contribution is 6.83. The monoisotopic (exact) mass is 230 g/mol. The molecule has 0 aliphatic heterocycles. The van der Waals surface area contributed by atoms with Crippen LogP contribution in [0, 0.1) is 0 Å². The molecule has 0 spiro atoms. The summed E-state index contributed by atoms with van der Waals surface area (Å²) in [6, 6.07) is 10.1. The van der Waals surface area contributed by atoms with E-state index >= 15 is 0 Å². The second kappa shape index (κ2) is 4.02. The maximum atomic E-state index is 12.0. The number of rotatable bonds is 2. The van der Waals surface area contributed by atoms with Crippen molar-refractivity contribution in [3.63, 3.8) is 0 Å². The molecule has 0 saturated heterocycles. The smallest absolute Gasteiger partial charge is 0.163 e. The van der Waals surface area contributed by atoms with Gasteiger partial charge >= 0.3 is 0 Å². The molecule has 0 heterocycles. The third kappa shape index (κ3) is 2.17. The van der Waals surface area contributed by atoms with Crippen LogP contribution in [-0.4, -0.2) is 13.9 Å². The summed E-state index contributed by atoms with van der Waals surface area (Å²) in [5.74, 6) is 0.381. The van der Waals surface area contributed by atoms with Crippen LogP contribution in [0.4, 0.5) is 0 Å². The summed E-state index contributed by atoms with van der Waals surface area (Å²) >= 11 is 0. The van der Waals surface area contributed by atoms with E-state index in [0.29, 0.717) is 5.78 Å². The number of hydrogen-bond donors (Lipinski definition) is 0. The van der Waals surface area contributed by atoms with Crippen LogP contribution in [0.2, 0.25) is 19.6 Å². The maximum absolute atomic E-state index is 12.0. The zero-order chi connectivity index (χ0) is 11.8. The Hall–Kier alpha value is -1.15. The van der Waals surface area contributed by atoms with Gasteiger partial charge in [-0.1, -0.05) is 55.2 Å². The molecule has 1 aromatic rings. The van der Waals surface area contributed by atoms with Crippen LogP contribution in [0.1, 0.15) is 17.9 Å². The Balaban J connectivity index is 2.23. The van der Waals surface area contributed by atoms with Crippen molar-refractivity contribution in [2.75, 3.05) is 0 Å². The molecule has 0 saturated carbocycles. The molecular formula is C14H18OSi. The highest BCUT2D eigenvalue weighted by Gasteiger charge is 2.32. The molecule has 1 aliphatic rings. The highest BCUT2D eigenvalue weighted by atomic mass is 28.3. The van der Waals surface area contributed by atoms with Crippen molar-refractivity contribution in [1.82, 2.24) is 0 Å². The minimum atomic E-state index is -1.30. The highest BCUT2D eigenvalue weighted by Crippen LogP contribution is 2.35. The largest absolute Gasteiger partial charge is 0.294 e. The Kier molecular flexibility index (Phi) is 2.85. The Morgan fingerprint density at radius 2 is 1.75 bits per heavy atom. The lowest BCUT2D eigenvalue weighted by atomic mass is 9.96. The van der Waals surface area contributed by atoms with Gasteiger partial charge in [-0.3, -0.25) is 4.79 Å². The van der Waals surface area contributed by atoms with Crippen molar-refractivity contribution in [2.24, 2.45) is 0 Å². The number of carbonyl (C=O) groups is 1. The average Bonchev–Trinajstić information content (AvgIpc) is 2.61. The van der Waals surface area contributed by atoms with Gasteiger partial charge in [-0.2, -0.15) is 0 Å². The second-order valence-corrected chi connectivity index (χ2v) is 10.6. The van der Waals surface area contributed by atoms with Crippen molar-refractivity contribution in [3.8, 4) is 0 Å². The summed E-state index contributed by atoms with van der Waals surface area (Å²) < 4.78 is 0. The Labute approximate surface area is 98.2 Å². The summed E-state index contributed by atoms with van der Waals surface area (Å²) in [5.41, 5.74) is 1.16. The summed E-state index contributed by atoms with van der Waals surface area (Å²) in [7, 11) is -1.30. The maximum Gasteiger partial charge on any atom is 0.163 e. The van der Waals surface area contributed by atoms with Gasteiger partial charge in [0.1, 0.15) is 0 Å². The molecule has 0 amide bonds. The normalized spacial score (nSPS) is 21.1. The molecule has 2 rings (SSSR count). The van der Waals surface area contributed by atoms with Crippen LogP contribution in [0.3, 0.4) is 0 Å². The van der Waals surface area contributed by atoms with Gasteiger partial charge in [-0.05, 0) is 18.1 Å². The van der Waals surface area contributed by atoms with E-state index in [4.69, 9.17) is 0 Å². The molecule has 1 atom stereocenters. The Bertz CT molecular complexity index is 426. The lowest BCUT2D eigenvalue weighted by Crippen LogP contribution is -2.23. The van der Waals surface area contributed by atoms with Gasteiger partial charge in [-0.15, -0.1) is 0 Å². The van der Waals surface area contributed by atoms with Crippen LogP contribution in [0.15, 0.2) is 41.6 Å². The van der Waals surface area contributed by atoms with Gasteiger partial charge in [0.25, 0.3) is 0 Å². The fraction of sp³-hybridized carbons (Fsp3) is 0.357. The quantitative estimate of drug-likeness (QED) is 0.710. The molecular weight excluding hydrogens is 212 g/mol. The zero-order valence-electron chi connectivity index (χ0n) is 10.2. The number of benzene rings is 1. The van der Waals surface area contributed by atoms with Crippen molar-refractivity contribution < 1.29 is 4.79 Å². The van der Waals surface area contributed by atoms with Crippen molar-refractivity contribution in [3.05, 3.63) is 47.2 Å². The van der Waals surface area contributed by atoms with Gasteiger partial charge in [0.2, 0.25) is 0 Å². The van der Waals surface area contributed by atoms with Gasteiger partial charge in [-0.25, -0.2) is 0 Å². The Morgan fingerprint density at radius 1 is 1.12 bits per heavy atom. The van der Waals surface area contributed by atoms with Gasteiger partial charge in [0.05, 0.1) is 14.0 Å². The minimum Gasteiger partial charge on any atom is -0.294 e. The van der Waals surface area contributed by atoms with Gasteiger partial charge in [0.15, 0.2) is 5.78 Å². The predicted molar refractivity (Wildman–Crippen MR) is 70.2 cm³/mol. The molecule has 0 bridgehead atoms. The lowest BCUT2D eigenvalue weighted by molar-refractivity contribution is -0.115. The standard InChI is InChI=1S/C14H18OSi/c1-16(2,3)12-9-13(14(15)10-12)11-7-5-4-6-8-11/h4-8,10,13H,9H2,1-3H3. The molecule has 1 aliphatic carbocycles.